The Bertz CT molecular complexity index is 769. The molecule has 2 N–H and O–H groups in total. The Morgan fingerprint density at radius 1 is 1.07 bits per heavy atom. The van der Waals surface area contributed by atoms with Gasteiger partial charge in [-0.1, -0.05) is 48.5 Å². The fourth-order valence-electron chi connectivity index (χ4n) is 2.87. The number of ether oxygens (including phenoxy) is 1. The predicted octanol–water partition coefficient (Wildman–Crippen LogP) is 2.55. The van der Waals surface area contributed by atoms with Crippen molar-refractivity contribution < 1.29 is 13.7 Å². The van der Waals surface area contributed by atoms with Gasteiger partial charge in [-0.05, 0) is 25.7 Å². The van der Waals surface area contributed by atoms with Crippen molar-refractivity contribution in [3.8, 4) is 5.75 Å². The zero-order valence-electron chi connectivity index (χ0n) is 16.7. The molecule has 0 radical (unpaired) electrons. The van der Waals surface area contributed by atoms with E-state index in [9.17, 15) is 9.00 Å². The molecule has 2 rings (SSSR count). The first-order valence-electron chi connectivity index (χ1n) is 9.21. The normalized spacial score (nSPS) is 13.0. The summed E-state index contributed by atoms with van der Waals surface area (Å²) in [4.78, 5) is 14.2. The molecular formula is C21H29N3O3S. The van der Waals surface area contributed by atoms with Gasteiger partial charge in [0.2, 0.25) is 0 Å². The van der Waals surface area contributed by atoms with Gasteiger partial charge in [0.15, 0.2) is 0 Å². The Labute approximate surface area is 169 Å². The van der Waals surface area contributed by atoms with Crippen molar-refractivity contribution in [2.45, 2.75) is 11.8 Å². The van der Waals surface area contributed by atoms with Crippen LogP contribution in [0.1, 0.15) is 17.2 Å². The van der Waals surface area contributed by atoms with Crippen LogP contribution in [0.25, 0.3) is 0 Å². The molecule has 7 heteroatoms. The quantitative estimate of drug-likeness (QED) is 0.640. The third-order valence-electron chi connectivity index (χ3n) is 4.36. The smallest absolute Gasteiger partial charge is 0.314 e. The molecule has 2 unspecified atom stereocenters. The third kappa shape index (κ3) is 6.98. The first kappa shape index (κ1) is 21.9. The number of methoxy groups -OCH3 is 1. The van der Waals surface area contributed by atoms with E-state index in [1.54, 1.807) is 7.11 Å². The minimum absolute atomic E-state index is 0.0193. The number of hydrogen-bond donors (Lipinski definition) is 2. The lowest BCUT2D eigenvalue weighted by molar-refractivity contribution is 0.232. The zero-order chi connectivity index (χ0) is 20.4. The van der Waals surface area contributed by atoms with Crippen LogP contribution in [0.3, 0.4) is 0 Å². The van der Waals surface area contributed by atoms with E-state index in [1.165, 1.54) is 0 Å². The van der Waals surface area contributed by atoms with Crippen molar-refractivity contribution in [3.05, 3.63) is 65.7 Å². The van der Waals surface area contributed by atoms with Gasteiger partial charge in [0, 0.05) is 41.0 Å². The number of nitrogens with zero attached hydrogens (tertiary/aromatic N) is 1. The van der Waals surface area contributed by atoms with E-state index in [-0.39, 0.29) is 12.1 Å². The second-order valence-electron chi connectivity index (χ2n) is 6.63. The van der Waals surface area contributed by atoms with Crippen molar-refractivity contribution in [1.82, 2.24) is 15.5 Å². The highest BCUT2D eigenvalue weighted by atomic mass is 32.2. The summed E-state index contributed by atoms with van der Waals surface area (Å²) < 4.78 is 17.6. The van der Waals surface area contributed by atoms with Crippen LogP contribution in [-0.4, -0.2) is 55.2 Å². The number of nitrogens with one attached hydrogen (secondary N) is 2. The van der Waals surface area contributed by atoms with Gasteiger partial charge in [-0.2, -0.15) is 0 Å². The predicted molar refractivity (Wildman–Crippen MR) is 114 cm³/mol. The van der Waals surface area contributed by atoms with Gasteiger partial charge in [0.25, 0.3) is 0 Å². The number of para-hydroxylation sites is 1. The molecule has 0 aliphatic carbocycles. The van der Waals surface area contributed by atoms with E-state index < -0.39 is 10.8 Å². The molecule has 0 saturated heterocycles. The summed E-state index contributed by atoms with van der Waals surface area (Å²) in [5, 5.41) is 5.67. The largest absolute Gasteiger partial charge is 0.496 e. The van der Waals surface area contributed by atoms with Crippen molar-refractivity contribution in [1.29, 1.82) is 0 Å². The summed E-state index contributed by atoms with van der Waals surface area (Å²) in [6, 6.07) is 17.2. The maximum Gasteiger partial charge on any atom is 0.314 e. The lowest BCUT2D eigenvalue weighted by atomic mass is 10.0. The number of carbonyl (C=O) groups excluding carboxylic acids is 1. The molecule has 152 valence electrons. The number of urea groups is 1. The fraction of sp³-hybridized carbons (Fsp3) is 0.381. The molecule has 0 heterocycles. The minimum Gasteiger partial charge on any atom is -0.496 e. The summed E-state index contributed by atoms with van der Waals surface area (Å²) in [6.07, 6.45) is 0. The minimum atomic E-state index is -1.01. The number of carbonyl (C=O) groups is 1. The van der Waals surface area contributed by atoms with E-state index in [0.717, 1.165) is 16.9 Å². The Hall–Kier alpha value is -2.38. The molecule has 2 amide bonds. The van der Waals surface area contributed by atoms with Crippen molar-refractivity contribution in [3.63, 3.8) is 0 Å². The molecule has 0 saturated carbocycles. The van der Waals surface area contributed by atoms with Crippen molar-refractivity contribution in [2.24, 2.45) is 0 Å². The number of hydrogen-bond acceptors (Lipinski definition) is 4. The summed E-state index contributed by atoms with van der Waals surface area (Å²) in [6.45, 7) is 0.804. The average Bonchev–Trinajstić information content (AvgIpc) is 2.69. The van der Waals surface area contributed by atoms with Crippen LogP contribution in [0.15, 0.2) is 54.6 Å². The van der Waals surface area contributed by atoms with Gasteiger partial charge < -0.3 is 20.3 Å². The first-order chi connectivity index (χ1) is 13.5. The van der Waals surface area contributed by atoms with E-state index >= 15 is 0 Å². The number of benzene rings is 2. The number of rotatable bonds is 10. The zero-order valence-corrected chi connectivity index (χ0v) is 17.5. The van der Waals surface area contributed by atoms with Crippen LogP contribution in [0.4, 0.5) is 4.79 Å². The van der Waals surface area contributed by atoms with Crippen LogP contribution in [0.5, 0.6) is 5.75 Å². The molecule has 0 bridgehead atoms. The molecule has 0 fully saturated rings. The molecular weight excluding hydrogens is 374 g/mol. The fourth-order valence-corrected chi connectivity index (χ4v) is 3.91. The standard InChI is InChI=1S/C21H29N3O3S/c1-24(2)19(18-11-7-8-12-20(18)27-3)15-23-21(25)22-13-14-28(26)16-17-9-5-4-6-10-17/h4-12,19H,13-16H2,1-3H3,(H2,22,23,25). The molecule has 0 aliphatic heterocycles. The second kappa shape index (κ2) is 11.5. The summed E-state index contributed by atoms with van der Waals surface area (Å²) >= 11 is 0. The SMILES string of the molecule is COc1ccccc1C(CNC(=O)NCCS(=O)Cc1ccccc1)N(C)C. The summed E-state index contributed by atoms with van der Waals surface area (Å²) in [5.41, 5.74) is 2.05. The maximum atomic E-state index is 12.1. The Morgan fingerprint density at radius 2 is 1.75 bits per heavy atom. The van der Waals surface area contributed by atoms with Gasteiger partial charge in [-0.3, -0.25) is 4.21 Å². The van der Waals surface area contributed by atoms with Gasteiger partial charge in [-0.15, -0.1) is 0 Å². The lowest BCUT2D eigenvalue weighted by Gasteiger charge is -2.26. The van der Waals surface area contributed by atoms with Crippen LogP contribution >= 0.6 is 0 Å². The lowest BCUT2D eigenvalue weighted by Crippen LogP contribution is -2.41. The molecule has 2 aromatic carbocycles. The highest BCUT2D eigenvalue weighted by Gasteiger charge is 2.18. The van der Waals surface area contributed by atoms with Crippen molar-refractivity contribution in [2.75, 3.05) is 40.0 Å². The van der Waals surface area contributed by atoms with Gasteiger partial charge in [-0.25, -0.2) is 4.79 Å². The highest BCUT2D eigenvalue weighted by Crippen LogP contribution is 2.27. The monoisotopic (exact) mass is 403 g/mol. The maximum absolute atomic E-state index is 12.1. The van der Waals surface area contributed by atoms with Gasteiger partial charge >= 0.3 is 6.03 Å². The first-order valence-corrected chi connectivity index (χ1v) is 10.7. The second-order valence-corrected chi connectivity index (χ2v) is 8.21. The van der Waals surface area contributed by atoms with E-state index in [1.807, 2.05) is 73.6 Å². The molecule has 2 atom stereocenters. The van der Waals surface area contributed by atoms with Crippen LogP contribution < -0.4 is 15.4 Å². The van der Waals surface area contributed by atoms with Gasteiger partial charge in [0.1, 0.15) is 5.75 Å². The van der Waals surface area contributed by atoms with Crippen molar-refractivity contribution >= 4 is 16.8 Å². The third-order valence-corrected chi connectivity index (χ3v) is 5.68. The van der Waals surface area contributed by atoms with Crippen LogP contribution in [0, 0.1) is 0 Å². The molecule has 6 nitrogen and oxygen atoms in total. The Morgan fingerprint density at radius 3 is 2.43 bits per heavy atom. The summed E-state index contributed by atoms with van der Waals surface area (Å²) in [5.74, 6) is 1.71. The molecule has 0 spiro atoms. The van der Waals surface area contributed by atoms with Crippen LogP contribution in [-0.2, 0) is 16.6 Å². The Kier molecular flexibility index (Phi) is 8.97. The van der Waals surface area contributed by atoms with Gasteiger partial charge in [0.05, 0.1) is 13.2 Å². The molecule has 28 heavy (non-hydrogen) atoms. The van der Waals surface area contributed by atoms with Crippen LogP contribution in [0.2, 0.25) is 0 Å². The molecule has 0 aliphatic rings. The summed E-state index contributed by atoms with van der Waals surface area (Å²) in [7, 11) is 4.55. The Balaban J connectivity index is 1.78. The average molecular weight is 404 g/mol. The number of amides is 2. The topological polar surface area (TPSA) is 70.7 Å². The highest BCUT2D eigenvalue weighted by molar-refractivity contribution is 7.84. The van der Waals surface area contributed by atoms with E-state index in [2.05, 4.69) is 10.6 Å². The van der Waals surface area contributed by atoms with E-state index in [0.29, 0.717) is 24.6 Å². The van der Waals surface area contributed by atoms with E-state index in [4.69, 9.17) is 4.74 Å². The molecule has 2 aromatic rings. The molecule has 0 aromatic heterocycles. The number of likely N-dealkylation sites (N-methyl/N-ethyl adjacent to an activating group) is 1.